The van der Waals surface area contributed by atoms with Crippen LogP contribution in [0.25, 0.3) is 0 Å². The molecule has 0 bridgehead atoms. The Hall–Kier alpha value is -1.23. The summed E-state index contributed by atoms with van der Waals surface area (Å²) in [7, 11) is 0. The Morgan fingerprint density at radius 1 is 1.47 bits per heavy atom. The quantitative estimate of drug-likeness (QED) is 0.471. The fraction of sp³-hybridized carbons (Fsp3) is 0.643. The van der Waals surface area contributed by atoms with Gasteiger partial charge in [0.2, 0.25) is 0 Å². The topological polar surface area (TPSA) is 55.5 Å². The standard InChI is InChI=1S/C14H20N2O2S/c1-10-6-11(8-14(2,3)7-10)15-9-12-4-5-13(19-12)16(17)18/h4-5,9-11H,6-8H2,1-3H3/t10-,11+/m0/s1. The molecule has 1 saturated carbocycles. The summed E-state index contributed by atoms with van der Waals surface area (Å²) in [5, 5.41) is 10.8. The van der Waals surface area contributed by atoms with Crippen LogP contribution in [0.3, 0.4) is 0 Å². The third-order valence-corrected chi connectivity index (χ3v) is 4.54. The Morgan fingerprint density at radius 3 is 2.79 bits per heavy atom. The van der Waals surface area contributed by atoms with E-state index in [1.165, 1.54) is 17.8 Å². The van der Waals surface area contributed by atoms with Crippen molar-refractivity contribution in [3.63, 3.8) is 0 Å². The highest BCUT2D eigenvalue weighted by Gasteiger charge is 2.31. The number of hydrogen-bond donors (Lipinski definition) is 0. The van der Waals surface area contributed by atoms with Crippen molar-refractivity contribution in [1.82, 2.24) is 0 Å². The first-order chi connectivity index (χ1) is 8.85. The smallest absolute Gasteiger partial charge is 0.288 e. The van der Waals surface area contributed by atoms with E-state index < -0.39 is 0 Å². The SMILES string of the molecule is C[C@H]1C[C@@H](N=Cc2ccc([N+](=O)[O-])s2)CC(C)(C)C1. The first kappa shape index (κ1) is 14.2. The van der Waals surface area contributed by atoms with Crippen molar-refractivity contribution in [3.05, 3.63) is 27.1 Å². The van der Waals surface area contributed by atoms with Crippen molar-refractivity contribution in [2.45, 2.75) is 46.1 Å². The van der Waals surface area contributed by atoms with Crippen molar-refractivity contribution in [2.75, 3.05) is 0 Å². The zero-order valence-electron chi connectivity index (χ0n) is 11.6. The second-order valence-electron chi connectivity index (χ2n) is 6.28. The number of hydrogen-bond acceptors (Lipinski definition) is 4. The second kappa shape index (κ2) is 5.41. The van der Waals surface area contributed by atoms with E-state index in [1.54, 1.807) is 18.3 Å². The lowest BCUT2D eigenvalue weighted by Crippen LogP contribution is -2.29. The van der Waals surface area contributed by atoms with Gasteiger partial charge in [-0.05, 0) is 36.7 Å². The molecule has 0 aliphatic heterocycles. The monoisotopic (exact) mass is 280 g/mol. The molecule has 1 aromatic rings. The maximum Gasteiger partial charge on any atom is 0.324 e. The normalized spacial score (nSPS) is 26.7. The molecule has 0 saturated heterocycles. The lowest BCUT2D eigenvalue weighted by Gasteiger charge is -2.37. The molecule has 19 heavy (non-hydrogen) atoms. The Bertz CT molecular complexity index is 493. The summed E-state index contributed by atoms with van der Waals surface area (Å²) in [5.41, 5.74) is 0.348. The van der Waals surface area contributed by atoms with Crippen LogP contribution in [0.1, 0.15) is 44.9 Å². The Kier molecular flexibility index (Phi) is 4.04. The van der Waals surface area contributed by atoms with Gasteiger partial charge in [-0.1, -0.05) is 32.1 Å². The van der Waals surface area contributed by atoms with Gasteiger partial charge in [-0.3, -0.25) is 15.1 Å². The van der Waals surface area contributed by atoms with E-state index >= 15 is 0 Å². The highest BCUT2D eigenvalue weighted by molar-refractivity contribution is 7.16. The molecule has 1 fully saturated rings. The largest absolute Gasteiger partial charge is 0.324 e. The molecule has 1 aliphatic carbocycles. The van der Waals surface area contributed by atoms with Crippen molar-refractivity contribution >= 4 is 22.6 Å². The van der Waals surface area contributed by atoms with Gasteiger partial charge in [-0.2, -0.15) is 0 Å². The molecule has 1 aliphatic rings. The van der Waals surface area contributed by atoms with Gasteiger partial charge in [-0.15, -0.1) is 0 Å². The summed E-state index contributed by atoms with van der Waals surface area (Å²) in [5.74, 6) is 0.698. The van der Waals surface area contributed by atoms with Gasteiger partial charge in [0, 0.05) is 12.3 Å². The number of rotatable bonds is 3. The molecule has 2 atom stereocenters. The fourth-order valence-electron chi connectivity index (χ4n) is 3.10. The van der Waals surface area contributed by atoms with Gasteiger partial charge in [0.15, 0.2) is 0 Å². The summed E-state index contributed by atoms with van der Waals surface area (Å²) in [4.78, 5) is 15.8. The summed E-state index contributed by atoms with van der Waals surface area (Å²) in [6, 6.07) is 3.66. The van der Waals surface area contributed by atoms with Gasteiger partial charge >= 0.3 is 5.00 Å². The molecule has 0 aromatic carbocycles. The predicted octanol–water partition coefficient (Wildman–Crippen LogP) is 4.29. The highest BCUT2D eigenvalue weighted by Crippen LogP contribution is 2.39. The average molecular weight is 280 g/mol. The van der Waals surface area contributed by atoms with Gasteiger partial charge in [0.05, 0.1) is 15.8 Å². The maximum atomic E-state index is 10.6. The number of nitrogens with zero attached hydrogens (tertiary/aromatic N) is 2. The van der Waals surface area contributed by atoms with Gasteiger partial charge in [0.25, 0.3) is 0 Å². The van der Waals surface area contributed by atoms with Crippen LogP contribution >= 0.6 is 11.3 Å². The van der Waals surface area contributed by atoms with E-state index in [1.807, 2.05) is 0 Å². The van der Waals surface area contributed by atoms with Crippen molar-refractivity contribution < 1.29 is 4.92 Å². The van der Waals surface area contributed by atoms with Crippen LogP contribution in [0, 0.1) is 21.4 Å². The Balaban J connectivity index is 2.03. The van der Waals surface area contributed by atoms with E-state index in [2.05, 4.69) is 25.8 Å². The molecule has 0 N–H and O–H groups in total. The minimum Gasteiger partial charge on any atom is -0.288 e. The molecule has 0 spiro atoms. The van der Waals surface area contributed by atoms with Crippen LogP contribution in [0.2, 0.25) is 0 Å². The molecule has 2 rings (SSSR count). The van der Waals surface area contributed by atoms with Crippen molar-refractivity contribution in [2.24, 2.45) is 16.3 Å². The average Bonchev–Trinajstić information content (AvgIpc) is 2.72. The van der Waals surface area contributed by atoms with Gasteiger partial charge < -0.3 is 0 Å². The minimum absolute atomic E-state index is 0.179. The molecule has 4 nitrogen and oxygen atoms in total. The lowest BCUT2D eigenvalue weighted by atomic mass is 9.71. The minimum atomic E-state index is -0.353. The predicted molar refractivity (Wildman–Crippen MR) is 79.2 cm³/mol. The van der Waals surface area contributed by atoms with Crippen LogP contribution in [0.4, 0.5) is 5.00 Å². The van der Waals surface area contributed by atoms with Crippen LogP contribution in [-0.4, -0.2) is 17.2 Å². The molecule has 0 radical (unpaired) electrons. The third kappa shape index (κ3) is 3.86. The summed E-state index contributed by atoms with van der Waals surface area (Å²) in [6.45, 7) is 6.86. The first-order valence-electron chi connectivity index (χ1n) is 6.63. The number of nitro groups is 1. The molecule has 5 heteroatoms. The summed E-state index contributed by atoms with van der Waals surface area (Å²) < 4.78 is 0. The molecule has 1 heterocycles. The molecule has 1 aromatic heterocycles. The van der Waals surface area contributed by atoms with Crippen LogP contribution in [0.15, 0.2) is 17.1 Å². The van der Waals surface area contributed by atoms with Crippen LogP contribution in [-0.2, 0) is 0 Å². The fourth-order valence-corrected chi connectivity index (χ4v) is 3.80. The van der Waals surface area contributed by atoms with E-state index in [9.17, 15) is 10.1 Å². The van der Waals surface area contributed by atoms with E-state index in [-0.39, 0.29) is 9.92 Å². The van der Waals surface area contributed by atoms with Gasteiger partial charge in [-0.25, -0.2) is 0 Å². The molecule has 104 valence electrons. The summed E-state index contributed by atoms with van der Waals surface area (Å²) in [6.07, 6.45) is 5.27. The summed E-state index contributed by atoms with van der Waals surface area (Å²) >= 11 is 1.18. The molecule has 0 unspecified atom stereocenters. The first-order valence-corrected chi connectivity index (χ1v) is 7.45. The van der Waals surface area contributed by atoms with Crippen LogP contribution in [0.5, 0.6) is 0 Å². The van der Waals surface area contributed by atoms with Gasteiger partial charge in [0.1, 0.15) is 0 Å². The lowest BCUT2D eigenvalue weighted by molar-refractivity contribution is -0.380. The number of aliphatic imine (C=N–C) groups is 1. The highest BCUT2D eigenvalue weighted by atomic mass is 32.1. The molecular formula is C14H20N2O2S. The molecule has 0 amide bonds. The zero-order chi connectivity index (χ0) is 14.0. The molecular weight excluding hydrogens is 260 g/mol. The second-order valence-corrected chi connectivity index (χ2v) is 7.37. The Labute approximate surface area is 117 Å². The van der Waals surface area contributed by atoms with E-state index in [0.29, 0.717) is 17.4 Å². The maximum absolute atomic E-state index is 10.6. The number of thiophene rings is 1. The van der Waals surface area contributed by atoms with Crippen molar-refractivity contribution in [3.8, 4) is 0 Å². The van der Waals surface area contributed by atoms with E-state index in [0.717, 1.165) is 17.7 Å². The van der Waals surface area contributed by atoms with Crippen LogP contribution < -0.4 is 0 Å². The van der Waals surface area contributed by atoms with Crippen molar-refractivity contribution in [1.29, 1.82) is 0 Å². The zero-order valence-corrected chi connectivity index (χ0v) is 12.4. The van der Waals surface area contributed by atoms with E-state index in [4.69, 9.17) is 0 Å². The third-order valence-electron chi connectivity index (χ3n) is 3.57. The Morgan fingerprint density at radius 2 is 2.21 bits per heavy atom.